The van der Waals surface area contributed by atoms with Crippen molar-refractivity contribution in [2.24, 2.45) is 0 Å². The van der Waals surface area contributed by atoms with Gasteiger partial charge in [0.2, 0.25) is 5.95 Å². The second kappa shape index (κ2) is 7.26. The van der Waals surface area contributed by atoms with Gasteiger partial charge in [-0.2, -0.15) is 4.98 Å². The lowest BCUT2D eigenvalue weighted by Gasteiger charge is -2.10. The third-order valence-electron chi connectivity index (χ3n) is 3.59. The zero-order chi connectivity index (χ0) is 18.7. The van der Waals surface area contributed by atoms with E-state index in [1.807, 2.05) is 0 Å². The van der Waals surface area contributed by atoms with E-state index in [1.54, 1.807) is 37.3 Å². The van der Waals surface area contributed by atoms with Crippen molar-refractivity contribution in [1.29, 1.82) is 0 Å². The van der Waals surface area contributed by atoms with E-state index in [0.717, 1.165) is 17.8 Å². The number of ketones is 1. The molecule has 0 amide bonds. The lowest BCUT2D eigenvalue weighted by molar-refractivity contribution is 0.101. The van der Waals surface area contributed by atoms with Crippen LogP contribution in [0.5, 0.6) is 0 Å². The number of anilines is 4. The number of carbonyl (C=O) groups is 1. The van der Waals surface area contributed by atoms with Gasteiger partial charge in [0, 0.05) is 34.8 Å². The number of halogens is 2. The predicted octanol–water partition coefficient (Wildman–Crippen LogP) is 4.75. The van der Waals surface area contributed by atoms with Gasteiger partial charge in [-0.1, -0.05) is 0 Å². The van der Waals surface area contributed by atoms with E-state index in [4.69, 9.17) is 0 Å². The first-order valence-electron chi connectivity index (χ1n) is 7.86. The smallest absolute Gasteiger partial charge is 0.229 e. The summed E-state index contributed by atoms with van der Waals surface area (Å²) >= 11 is 0. The molecule has 0 radical (unpaired) electrons. The maximum Gasteiger partial charge on any atom is 0.229 e. The third kappa shape index (κ3) is 4.18. The zero-order valence-corrected chi connectivity index (χ0v) is 14.2. The van der Waals surface area contributed by atoms with Crippen molar-refractivity contribution in [2.75, 3.05) is 10.6 Å². The first-order chi connectivity index (χ1) is 12.4. The average molecular weight is 354 g/mol. The van der Waals surface area contributed by atoms with Crippen LogP contribution in [0.3, 0.4) is 0 Å². The normalized spacial score (nSPS) is 10.5. The van der Waals surface area contributed by atoms with Crippen LogP contribution in [0.25, 0.3) is 0 Å². The molecular weight excluding hydrogens is 338 g/mol. The van der Waals surface area contributed by atoms with Crippen molar-refractivity contribution in [2.45, 2.75) is 13.8 Å². The number of Topliss-reactive ketones (excluding diaryl/α,β-unsaturated/α-hetero) is 1. The van der Waals surface area contributed by atoms with Gasteiger partial charge in [-0.25, -0.2) is 13.8 Å². The van der Waals surface area contributed by atoms with Crippen molar-refractivity contribution < 1.29 is 13.6 Å². The molecule has 0 unspecified atom stereocenters. The van der Waals surface area contributed by atoms with Crippen LogP contribution in [0.15, 0.2) is 48.5 Å². The monoisotopic (exact) mass is 354 g/mol. The Hall–Kier alpha value is -3.35. The van der Waals surface area contributed by atoms with E-state index in [0.29, 0.717) is 28.7 Å². The summed E-state index contributed by atoms with van der Waals surface area (Å²) in [6.07, 6.45) is 0. The van der Waals surface area contributed by atoms with Crippen LogP contribution < -0.4 is 10.6 Å². The van der Waals surface area contributed by atoms with Crippen LogP contribution in [0.4, 0.5) is 31.9 Å². The van der Waals surface area contributed by atoms with Crippen LogP contribution in [-0.4, -0.2) is 15.8 Å². The van der Waals surface area contributed by atoms with Crippen molar-refractivity contribution in [1.82, 2.24) is 9.97 Å². The molecule has 0 fully saturated rings. The molecule has 2 N–H and O–H groups in total. The predicted molar refractivity (Wildman–Crippen MR) is 96.1 cm³/mol. The molecule has 0 atom stereocenters. The molecular formula is C19H16F2N4O. The Kier molecular flexibility index (Phi) is 4.88. The Morgan fingerprint density at radius 2 is 1.58 bits per heavy atom. The first-order valence-corrected chi connectivity index (χ1v) is 7.86. The molecule has 0 saturated carbocycles. The molecule has 26 heavy (non-hydrogen) atoms. The van der Waals surface area contributed by atoms with Crippen molar-refractivity contribution >= 4 is 28.9 Å². The van der Waals surface area contributed by atoms with Crippen LogP contribution in [0.2, 0.25) is 0 Å². The lowest BCUT2D eigenvalue weighted by Crippen LogP contribution is -2.03. The summed E-state index contributed by atoms with van der Waals surface area (Å²) < 4.78 is 26.4. The van der Waals surface area contributed by atoms with Gasteiger partial charge in [0.05, 0.1) is 0 Å². The van der Waals surface area contributed by atoms with Gasteiger partial charge in [-0.3, -0.25) is 4.79 Å². The zero-order valence-electron chi connectivity index (χ0n) is 14.2. The molecule has 1 aromatic heterocycles. The number of nitrogens with one attached hydrogen (secondary N) is 2. The van der Waals surface area contributed by atoms with Gasteiger partial charge in [-0.15, -0.1) is 0 Å². The summed E-state index contributed by atoms with van der Waals surface area (Å²) in [6.45, 7) is 3.30. The van der Waals surface area contributed by atoms with Crippen molar-refractivity contribution in [3.8, 4) is 0 Å². The number of carbonyl (C=O) groups excluding carboxylic acids is 1. The Balaban J connectivity index is 1.80. The van der Waals surface area contributed by atoms with Gasteiger partial charge < -0.3 is 10.6 Å². The maximum absolute atomic E-state index is 13.3. The molecule has 0 aliphatic heterocycles. The van der Waals surface area contributed by atoms with E-state index in [-0.39, 0.29) is 5.78 Å². The summed E-state index contributed by atoms with van der Waals surface area (Å²) in [5.74, 6) is -1.09. The third-order valence-corrected chi connectivity index (χ3v) is 3.59. The highest BCUT2D eigenvalue weighted by atomic mass is 19.2. The Morgan fingerprint density at radius 1 is 0.885 bits per heavy atom. The second-order valence-corrected chi connectivity index (χ2v) is 5.73. The van der Waals surface area contributed by atoms with Crippen molar-refractivity contribution in [3.63, 3.8) is 0 Å². The standard InChI is InChI=1S/C19H16F2N4O/c1-11-9-18(23-15-7-8-16(20)17(21)10-15)25-19(22-11)24-14-5-3-13(4-6-14)12(2)26/h3-10H,1-2H3,(H2,22,23,24,25). The molecule has 3 aromatic rings. The molecule has 3 rings (SSSR count). The molecule has 0 bridgehead atoms. The summed E-state index contributed by atoms with van der Waals surface area (Å²) in [4.78, 5) is 19.9. The first kappa shape index (κ1) is 17.5. The highest BCUT2D eigenvalue weighted by molar-refractivity contribution is 5.94. The summed E-state index contributed by atoms with van der Waals surface area (Å²) in [6, 6.07) is 12.1. The van der Waals surface area contributed by atoms with E-state index in [2.05, 4.69) is 20.6 Å². The number of rotatable bonds is 5. The molecule has 2 aromatic carbocycles. The lowest BCUT2D eigenvalue weighted by atomic mass is 10.1. The summed E-state index contributed by atoms with van der Waals surface area (Å²) in [7, 11) is 0. The van der Waals surface area contributed by atoms with Crippen LogP contribution >= 0.6 is 0 Å². The molecule has 0 spiro atoms. The van der Waals surface area contributed by atoms with Crippen LogP contribution in [-0.2, 0) is 0 Å². The van der Waals surface area contributed by atoms with E-state index >= 15 is 0 Å². The Morgan fingerprint density at radius 3 is 2.23 bits per heavy atom. The van der Waals surface area contributed by atoms with Crippen LogP contribution in [0.1, 0.15) is 23.0 Å². The number of benzene rings is 2. The topological polar surface area (TPSA) is 66.9 Å². The molecule has 0 aliphatic rings. The minimum absolute atomic E-state index is 0.0126. The Bertz CT molecular complexity index is 958. The fourth-order valence-corrected chi connectivity index (χ4v) is 2.33. The van der Waals surface area contributed by atoms with Crippen LogP contribution in [0, 0.1) is 18.6 Å². The second-order valence-electron chi connectivity index (χ2n) is 5.73. The SMILES string of the molecule is CC(=O)c1ccc(Nc2nc(C)cc(Nc3ccc(F)c(F)c3)n2)cc1. The molecule has 132 valence electrons. The number of aryl methyl sites for hydroxylation is 1. The number of aromatic nitrogens is 2. The van der Waals surface area contributed by atoms with E-state index in [9.17, 15) is 13.6 Å². The quantitative estimate of drug-likeness (QED) is 0.647. The van der Waals surface area contributed by atoms with Gasteiger partial charge in [0.15, 0.2) is 17.4 Å². The van der Waals surface area contributed by atoms with Crippen molar-refractivity contribution in [3.05, 3.63) is 71.4 Å². The van der Waals surface area contributed by atoms with E-state index < -0.39 is 11.6 Å². The average Bonchev–Trinajstić information content (AvgIpc) is 2.58. The highest BCUT2D eigenvalue weighted by Crippen LogP contribution is 2.21. The number of hydrogen-bond acceptors (Lipinski definition) is 5. The largest absolute Gasteiger partial charge is 0.340 e. The molecule has 7 heteroatoms. The molecule has 1 heterocycles. The highest BCUT2D eigenvalue weighted by Gasteiger charge is 2.07. The fourth-order valence-electron chi connectivity index (χ4n) is 2.33. The minimum atomic E-state index is -0.940. The molecule has 0 aliphatic carbocycles. The number of nitrogens with zero attached hydrogens (tertiary/aromatic N) is 2. The molecule has 0 saturated heterocycles. The fraction of sp³-hybridized carbons (Fsp3) is 0.105. The van der Waals surface area contributed by atoms with Gasteiger partial charge in [-0.05, 0) is 50.2 Å². The summed E-state index contributed by atoms with van der Waals surface area (Å²) in [5.41, 5.74) is 2.40. The van der Waals surface area contributed by atoms with Gasteiger partial charge >= 0.3 is 0 Å². The van der Waals surface area contributed by atoms with Gasteiger partial charge in [0.1, 0.15) is 5.82 Å². The Labute approximate surface area is 149 Å². The minimum Gasteiger partial charge on any atom is -0.340 e. The maximum atomic E-state index is 13.3. The molecule has 5 nitrogen and oxygen atoms in total. The summed E-state index contributed by atoms with van der Waals surface area (Å²) in [5, 5.41) is 5.97. The number of hydrogen-bond donors (Lipinski definition) is 2. The van der Waals surface area contributed by atoms with E-state index in [1.165, 1.54) is 13.0 Å². The van der Waals surface area contributed by atoms with Gasteiger partial charge in [0.25, 0.3) is 0 Å².